The van der Waals surface area contributed by atoms with Crippen LogP contribution in [0.3, 0.4) is 0 Å². The van der Waals surface area contributed by atoms with Crippen molar-refractivity contribution in [1.29, 1.82) is 0 Å². The number of hydrogen-bond acceptors (Lipinski definition) is 2. The second-order valence-electron chi connectivity index (χ2n) is 2.62. The third-order valence-corrected chi connectivity index (χ3v) is 3.10. The summed E-state index contributed by atoms with van der Waals surface area (Å²) in [6, 6.07) is 4.97. The number of benzene rings is 1. The van der Waals surface area contributed by atoms with Gasteiger partial charge in [-0.1, -0.05) is 23.7 Å². The molecule has 1 N–H and O–H groups in total. The van der Waals surface area contributed by atoms with E-state index in [2.05, 4.69) is 15.9 Å². The Bertz CT molecular complexity index is 390. The van der Waals surface area contributed by atoms with E-state index in [1.807, 2.05) is 0 Å². The van der Waals surface area contributed by atoms with Crippen LogP contribution in [0.2, 0.25) is 5.02 Å². The third kappa shape index (κ3) is 2.56. The molecule has 0 saturated carbocycles. The number of Topliss-reactive ketones (excluding diaryl/α,β-unsaturated/α-hetero) is 1. The number of carbonyl (C=O) groups excluding carboxylic acids is 1. The minimum absolute atomic E-state index is 0.156. The SMILES string of the molecule is O=C(O)C(=O)Cc1cccc(Cl)c1Br. The van der Waals surface area contributed by atoms with E-state index in [-0.39, 0.29) is 6.42 Å². The Morgan fingerprint density at radius 1 is 1.43 bits per heavy atom. The van der Waals surface area contributed by atoms with Crippen molar-refractivity contribution in [3.05, 3.63) is 33.3 Å². The maximum atomic E-state index is 10.9. The summed E-state index contributed by atoms with van der Waals surface area (Å²) in [7, 11) is 0. The van der Waals surface area contributed by atoms with Crippen molar-refractivity contribution in [2.24, 2.45) is 0 Å². The number of carboxylic acid groups (broad SMARTS) is 1. The Hall–Kier alpha value is -0.870. The number of halogens is 2. The van der Waals surface area contributed by atoms with Gasteiger partial charge >= 0.3 is 5.97 Å². The highest BCUT2D eigenvalue weighted by Crippen LogP contribution is 2.26. The number of hydrogen-bond donors (Lipinski definition) is 1. The first-order valence-corrected chi connectivity index (χ1v) is 4.88. The smallest absolute Gasteiger partial charge is 0.372 e. The van der Waals surface area contributed by atoms with E-state index >= 15 is 0 Å². The van der Waals surface area contributed by atoms with Crippen molar-refractivity contribution < 1.29 is 14.7 Å². The number of carboxylic acids is 1. The summed E-state index contributed by atoms with van der Waals surface area (Å²) < 4.78 is 0.566. The molecule has 0 heterocycles. The molecule has 0 aromatic heterocycles. The van der Waals surface area contributed by atoms with Gasteiger partial charge in [0.1, 0.15) is 0 Å². The summed E-state index contributed by atoms with van der Waals surface area (Å²) in [5, 5.41) is 8.86. The van der Waals surface area contributed by atoms with Gasteiger partial charge in [0, 0.05) is 10.9 Å². The maximum absolute atomic E-state index is 10.9. The lowest BCUT2D eigenvalue weighted by molar-refractivity contribution is -0.148. The molecule has 5 heteroatoms. The molecule has 0 aliphatic carbocycles. The summed E-state index contributed by atoms with van der Waals surface area (Å²) in [5.74, 6) is -2.29. The normalized spacial score (nSPS) is 9.86. The number of carbonyl (C=O) groups is 2. The van der Waals surface area contributed by atoms with Crippen molar-refractivity contribution in [3.63, 3.8) is 0 Å². The summed E-state index contributed by atoms with van der Waals surface area (Å²) in [6.45, 7) is 0. The monoisotopic (exact) mass is 276 g/mol. The van der Waals surface area contributed by atoms with Crippen LogP contribution >= 0.6 is 27.5 Å². The average molecular weight is 278 g/mol. The molecular weight excluding hydrogens is 271 g/mol. The molecule has 0 fully saturated rings. The molecule has 74 valence electrons. The van der Waals surface area contributed by atoms with Gasteiger partial charge in [-0.15, -0.1) is 0 Å². The summed E-state index contributed by atoms with van der Waals surface area (Å²) in [4.78, 5) is 21.2. The van der Waals surface area contributed by atoms with E-state index in [0.29, 0.717) is 15.1 Å². The van der Waals surface area contributed by atoms with Crippen LogP contribution in [0, 0.1) is 0 Å². The first-order chi connectivity index (χ1) is 6.52. The van der Waals surface area contributed by atoms with Gasteiger partial charge in [-0.05, 0) is 27.6 Å². The molecule has 1 aromatic carbocycles. The van der Waals surface area contributed by atoms with Crippen molar-refractivity contribution in [2.45, 2.75) is 6.42 Å². The lowest BCUT2D eigenvalue weighted by atomic mass is 10.1. The molecule has 0 unspecified atom stereocenters. The van der Waals surface area contributed by atoms with Crippen molar-refractivity contribution >= 4 is 39.3 Å². The molecule has 14 heavy (non-hydrogen) atoms. The van der Waals surface area contributed by atoms with E-state index < -0.39 is 11.8 Å². The van der Waals surface area contributed by atoms with Gasteiger partial charge in [0.25, 0.3) is 0 Å². The van der Waals surface area contributed by atoms with E-state index in [0.717, 1.165) is 0 Å². The van der Waals surface area contributed by atoms with Gasteiger partial charge in [0.2, 0.25) is 5.78 Å². The molecule has 0 amide bonds. The molecule has 1 rings (SSSR count). The zero-order valence-electron chi connectivity index (χ0n) is 6.96. The van der Waals surface area contributed by atoms with Crippen molar-refractivity contribution in [3.8, 4) is 0 Å². The number of rotatable bonds is 3. The molecule has 0 radical (unpaired) electrons. The molecule has 0 saturated heterocycles. The van der Waals surface area contributed by atoms with Crippen LogP contribution in [0.25, 0.3) is 0 Å². The molecule has 0 bridgehead atoms. The van der Waals surface area contributed by atoms with Gasteiger partial charge < -0.3 is 5.11 Å². The van der Waals surface area contributed by atoms with Crippen LogP contribution in [0.15, 0.2) is 22.7 Å². The highest BCUT2D eigenvalue weighted by Gasteiger charge is 2.14. The highest BCUT2D eigenvalue weighted by atomic mass is 79.9. The standard InChI is InChI=1S/C9H6BrClO3/c10-8-5(2-1-3-6(8)11)4-7(12)9(13)14/h1-3H,4H2,(H,13,14). The first kappa shape index (κ1) is 11.2. The molecular formula is C9H6BrClO3. The average Bonchev–Trinajstić information content (AvgIpc) is 2.12. The zero-order chi connectivity index (χ0) is 10.7. The Kier molecular flexibility index (Phi) is 3.66. The van der Waals surface area contributed by atoms with Crippen LogP contribution in [0.5, 0.6) is 0 Å². The second kappa shape index (κ2) is 4.57. The summed E-state index contributed by atoms with van der Waals surface area (Å²) in [6.07, 6.45) is -0.156. The largest absolute Gasteiger partial charge is 0.475 e. The number of ketones is 1. The van der Waals surface area contributed by atoms with Crippen LogP contribution < -0.4 is 0 Å². The van der Waals surface area contributed by atoms with Crippen LogP contribution in [-0.2, 0) is 16.0 Å². The minimum Gasteiger partial charge on any atom is -0.475 e. The van der Waals surface area contributed by atoms with Gasteiger partial charge in [-0.2, -0.15) is 0 Å². The topological polar surface area (TPSA) is 54.4 Å². The van der Waals surface area contributed by atoms with E-state index in [1.165, 1.54) is 0 Å². The second-order valence-corrected chi connectivity index (χ2v) is 3.82. The highest BCUT2D eigenvalue weighted by molar-refractivity contribution is 9.10. The van der Waals surface area contributed by atoms with Crippen molar-refractivity contribution in [1.82, 2.24) is 0 Å². The van der Waals surface area contributed by atoms with Gasteiger partial charge in [0.05, 0.1) is 5.02 Å². The zero-order valence-corrected chi connectivity index (χ0v) is 9.30. The fourth-order valence-corrected chi connectivity index (χ4v) is 1.53. The Morgan fingerprint density at radius 2 is 2.07 bits per heavy atom. The van der Waals surface area contributed by atoms with E-state index in [1.54, 1.807) is 18.2 Å². The summed E-state index contributed by atoms with van der Waals surface area (Å²) in [5.41, 5.74) is 0.574. The Balaban J connectivity index is 2.93. The Labute approximate surface area is 93.8 Å². The van der Waals surface area contributed by atoms with Gasteiger partial charge in [0.15, 0.2) is 0 Å². The lowest BCUT2D eigenvalue weighted by Crippen LogP contribution is -2.15. The Morgan fingerprint density at radius 3 is 2.64 bits per heavy atom. The first-order valence-electron chi connectivity index (χ1n) is 3.71. The van der Waals surface area contributed by atoms with Crippen LogP contribution in [0.1, 0.15) is 5.56 Å². The molecule has 0 spiro atoms. The maximum Gasteiger partial charge on any atom is 0.372 e. The molecule has 0 aliphatic rings. The van der Waals surface area contributed by atoms with Gasteiger partial charge in [-0.25, -0.2) is 4.79 Å². The fourth-order valence-electron chi connectivity index (χ4n) is 0.934. The van der Waals surface area contributed by atoms with Crippen LogP contribution in [-0.4, -0.2) is 16.9 Å². The molecule has 1 aromatic rings. The van der Waals surface area contributed by atoms with E-state index in [9.17, 15) is 9.59 Å². The van der Waals surface area contributed by atoms with Gasteiger partial charge in [-0.3, -0.25) is 4.79 Å². The van der Waals surface area contributed by atoms with E-state index in [4.69, 9.17) is 16.7 Å². The molecule has 3 nitrogen and oxygen atoms in total. The fraction of sp³-hybridized carbons (Fsp3) is 0.111. The number of aliphatic carboxylic acids is 1. The predicted molar refractivity (Wildman–Crippen MR) is 55.5 cm³/mol. The van der Waals surface area contributed by atoms with Crippen molar-refractivity contribution in [2.75, 3.05) is 0 Å². The quantitative estimate of drug-likeness (QED) is 0.863. The molecule has 0 atom stereocenters. The minimum atomic E-state index is -1.43. The lowest BCUT2D eigenvalue weighted by Gasteiger charge is -2.02. The summed E-state index contributed by atoms with van der Waals surface area (Å²) >= 11 is 8.95. The third-order valence-electron chi connectivity index (χ3n) is 1.62. The van der Waals surface area contributed by atoms with Crippen LogP contribution in [0.4, 0.5) is 0 Å². The predicted octanol–water partition coefficient (Wildman–Crippen LogP) is 2.30. The molecule has 0 aliphatic heterocycles.